The van der Waals surface area contributed by atoms with Crippen molar-refractivity contribution < 1.29 is 20.4 Å². The van der Waals surface area contributed by atoms with Crippen LogP contribution in [0.3, 0.4) is 0 Å². The third kappa shape index (κ3) is 2.56. The number of aromatic hydroxyl groups is 4. The van der Waals surface area contributed by atoms with Gasteiger partial charge in [0.15, 0.2) is 11.5 Å². The lowest BCUT2D eigenvalue weighted by Crippen LogP contribution is -2.49. The Kier molecular flexibility index (Phi) is 3.98. The van der Waals surface area contributed by atoms with Gasteiger partial charge in [0.25, 0.3) is 0 Å². The first-order chi connectivity index (χ1) is 11.4. The van der Waals surface area contributed by atoms with E-state index in [9.17, 15) is 20.4 Å². The first-order valence-electron chi connectivity index (χ1n) is 9.40. The van der Waals surface area contributed by atoms with Gasteiger partial charge in [0.1, 0.15) is 0 Å². The minimum Gasteiger partial charge on any atom is -0.504 e. The smallest absolute Gasteiger partial charge is 0.204 e. The lowest BCUT2D eigenvalue weighted by molar-refractivity contribution is -0.0559. The normalized spacial score (nSPS) is 34.5. The number of phenols is 4. The van der Waals surface area contributed by atoms with Crippen LogP contribution in [0.1, 0.15) is 77.3 Å². The van der Waals surface area contributed by atoms with Crippen molar-refractivity contribution in [3.8, 4) is 23.0 Å². The number of rotatable bonds is 1. The Labute approximate surface area is 150 Å². The molecular weight excluding hydrogens is 316 g/mol. The predicted molar refractivity (Wildman–Crippen MR) is 98.3 cm³/mol. The van der Waals surface area contributed by atoms with E-state index in [0.717, 1.165) is 19.3 Å². The van der Waals surface area contributed by atoms with Gasteiger partial charge in [-0.25, -0.2) is 0 Å². The van der Waals surface area contributed by atoms with Crippen molar-refractivity contribution in [1.82, 2.24) is 0 Å². The Morgan fingerprint density at radius 1 is 0.800 bits per heavy atom. The molecule has 0 saturated heterocycles. The van der Waals surface area contributed by atoms with Crippen molar-refractivity contribution in [3.05, 3.63) is 11.1 Å². The van der Waals surface area contributed by atoms with Gasteiger partial charge in [-0.05, 0) is 61.2 Å². The average Bonchev–Trinajstić information content (AvgIpc) is 2.49. The highest BCUT2D eigenvalue weighted by Gasteiger charge is 2.53. The Hall–Kier alpha value is -1.58. The van der Waals surface area contributed by atoms with Crippen LogP contribution >= 0.6 is 0 Å². The predicted octanol–water partition coefficient (Wildman–Crippen LogP) is 5.09. The van der Waals surface area contributed by atoms with Gasteiger partial charge in [0.2, 0.25) is 11.5 Å². The van der Waals surface area contributed by atoms with E-state index in [-0.39, 0.29) is 22.3 Å². The molecular formula is C21H32O4. The lowest BCUT2D eigenvalue weighted by Gasteiger charge is -2.58. The third-order valence-corrected chi connectivity index (χ3v) is 7.38. The third-order valence-electron chi connectivity index (χ3n) is 7.38. The van der Waals surface area contributed by atoms with Crippen molar-refractivity contribution in [2.75, 3.05) is 0 Å². The van der Waals surface area contributed by atoms with E-state index in [0.29, 0.717) is 22.5 Å². The van der Waals surface area contributed by atoms with E-state index in [1.165, 1.54) is 19.3 Å². The molecule has 1 aromatic rings. The van der Waals surface area contributed by atoms with Gasteiger partial charge in [-0.3, -0.25) is 0 Å². The van der Waals surface area contributed by atoms with Crippen LogP contribution in [0.4, 0.5) is 0 Å². The fourth-order valence-corrected chi connectivity index (χ4v) is 6.40. The largest absolute Gasteiger partial charge is 0.504 e. The molecule has 2 aliphatic rings. The highest BCUT2D eigenvalue weighted by atomic mass is 16.3. The van der Waals surface area contributed by atoms with Gasteiger partial charge in [-0.15, -0.1) is 0 Å². The van der Waals surface area contributed by atoms with Crippen molar-refractivity contribution in [2.24, 2.45) is 16.7 Å². The van der Waals surface area contributed by atoms with Crippen LogP contribution in [0.25, 0.3) is 0 Å². The molecule has 25 heavy (non-hydrogen) atoms. The molecule has 0 radical (unpaired) electrons. The number of fused-ring (bicyclic) bond motifs is 1. The average molecular weight is 348 g/mol. The lowest BCUT2D eigenvalue weighted by atomic mass is 9.47. The Bertz CT molecular complexity index is 679. The molecule has 0 aliphatic heterocycles. The second kappa shape index (κ2) is 5.46. The highest BCUT2D eigenvalue weighted by molar-refractivity contribution is 5.66. The molecule has 4 N–H and O–H groups in total. The summed E-state index contributed by atoms with van der Waals surface area (Å²) < 4.78 is 0. The van der Waals surface area contributed by atoms with Crippen LogP contribution in [0.5, 0.6) is 23.0 Å². The summed E-state index contributed by atoms with van der Waals surface area (Å²) in [5, 5.41) is 40.6. The minimum atomic E-state index is -0.638. The maximum Gasteiger partial charge on any atom is 0.204 e. The summed E-state index contributed by atoms with van der Waals surface area (Å²) in [5.41, 5.74) is 1.22. The second-order valence-electron chi connectivity index (χ2n) is 9.72. The van der Waals surface area contributed by atoms with Gasteiger partial charge in [-0.1, -0.05) is 34.1 Å². The number of hydrogen-bond donors (Lipinski definition) is 4. The zero-order chi connectivity index (χ0) is 18.8. The molecule has 0 aromatic heterocycles. The quantitative estimate of drug-likeness (QED) is 0.421. The van der Waals surface area contributed by atoms with E-state index in [1.54, 1.807) is 6.92 Å². The van der Waals surface area contributed by atoms with Crippen molar-refractivity contribution in [3.63, 3.8) is 0 Å². The molecule has 3 rings (SSSR count). The van der Waals surface area contributed by atoms with Crippen LogP contribution in [-0.4, -0.2) is 20.4 Å². The molecule has 1 aromatic carbocycles. The zero-order valence-electron chi connectivity index (χ0n) is 16.1. The fraction of sp³-hybridized carbons (Fsp3) is 0.714. The van der Waals surface area contributed by atoms with Crippen LogP contribution in [0.2, 0.25) is 0 Å². The maximum absolute atomic E-state index is 10.6. The van der Waals surface area contributed by atoms with E-state index in [2.05, 4.69) is 27.7 Å². The van der Waals surface area contributed by atoms with Crippen molar-refractivity contribution in [1.29, 1.82) is 0 Å². The van der Waals surface area contributed by atoms with Gasteiger partial charge in [-0.2, -0.15) is 0 Å². The first-order valence-corrected chi connectivity index (χ1v) is 9.40. The highest BCUT2D eigenvalue weighted by Crippen LogP contribution is 2.64. The summed E-state index contributed by atoms with van der Waals surface area (Å²) in [7, 11) is 0. The van der Waals surface area contributed by atoms with Crippen LogP contribution < -0.4 is 0 Å². The monoisotopic (exact) mass is 348 g/mol. The molecule has 2 saturated carbocycles. The Balaban J connectivity index is 2.08. The molecule has 140 valence electrons. The van der Waals surface area contributed by atoms with Crippen LogP contribution in [0.15, 0.2) is 0 Å². The summed E-state index contributed by atoms with van der Waals surface area (Å²) in [5.74, 6) is -1.23. The van der Waals surface area contributed by atoms with Crippen molar-refractivity contribution >= 4 is 0 Å². The van der Waals surface area contributed by atoms with E-state index < -0.39 is 11.5 Å². The van der Waals surface area contributed by atoms with Gasteiger partial charge in [0, 0.05) is 11.1 Å². The zero-order valence-corrected chi connectivity index (χ0v) is 16.1. The van der Waals surface area contributed by atoms with Gasteiger partial charge < -0.3 is 20.4 Å². The first kappa shape index (κ1) is 18.2. The summed E-state index contributed by atoms with van der Waals surface area (Å²) in [6.07, 6.45) is 6.52. The van der Waals surface area contributed by atoms with Gasteiger partial charge >= 0.3 is 0 Å². The molecule has 4 nitrogen and oxygen atoms in total. The number of phenolic OH excluding ortho intramolecular Hbond substituents is 4. The molecule has 2 aliphatic carbocycles. The van der Waals surface area contributed by atoms with Crippen LogP contribution in [-0.2, 0) is 5.41 Å². The summed E-state index contributed by atoms with van der Waals surface area (Å²) in [6.45, 7) is 10.9. The second-order valence-corrected chi connectivity index (χ2v) is 9.72. The van der Waals surface area contributed by atoms with E-state index in [1.807, 2.05) is 0 Å². The summed E-state index contributed by atoms with van der Waals surface area (Å²) >= 11 is 0. The Morgan fingerprint density at radius 3 is 2.04 bits per heavy atom. The molecule has 2 unspecified atom stereocenters. The standard InChI is InChI=1S/C21H32O4/c1-12-14(16(23)18(25)17(24)15(12)22)21(5)10-7-13-19(2,3)8-6-9-20(13,4)11-21/h13,22-25H,6-11H2,1-5H3/t13-,20?,21?/m0/s1. The van der Waals surface area contributed by atoms with Crippen molar-refractivity contribution in [2.45, 2.75) is 78.6 Å². The van der Waals surface area contributed by atoms with E-state index >= 15 is 0 Å². The van der Waals surface area contributed by atoms with Gasteiger partial charge in [0.05, 0.1) is 0 Å². The molecule has 3 atom stereocenters. The molecule has 4 heteroatoms. The molecule has 0 heterocycles. The fourth-order valence-electron chi connectivity index (χ4n) is 6.40. The molecule has 0 amide bonds. The summed E-state index contributed by atoms with van der Waals surface area (Å²) in [6, 6.07) is 0. The Morgan fingerprint density at radius 2 is 1.40 bits per heavy atom. The topological polar surface area (TPSA) is 80.9 Å². The molecule has 0 spiro atoms. The van der Waals surface area contributed by atoms with Crippen LogP contribution in [0, 0.1) is 23.7 Å². The number of benzene rings is 1. The minimum absolute atomic E-state index is 0.177. The molecule has 0 bridgehead atoms. The SMILES string of the molecule is Cc1c(O)c(O)c(O)c(O)c1C1(C)CC[C@H]2C(C)(C)CCCC2(C)C1. The summed E-state index contributed by atoms with van der Waals surface area (Å²) in [4.78, 5) is 0. The number of hydrogen-bond acceptors (Lipinski definition) is 4. The van der Waals surface area contributed by atoms with E-state index in [4.69, 9.17) is 0 Å². The maximum atomic E-state index is 10.6. The molecule has 2 fully saturated rings.